The molecule has 9 heteroatoms. The maximum Gasteiger partial charge on any atom is 0.236 e. The summed E-state index contributed by atoms with van der Waals surface area (Å²) in [6, 6.07) is 1.67. The highest BCUT2D eigenvalue weighted by Crippen LogP contribution is 2.26. The highest BCUT2D eigenvalue weighted by Gasteiger charge is 2.25. The van der Waals surface area contributed by atoms with E-state index in [2.05, 4.69) is 15.2 Å². The molecule has 1 saturated heterocycles. The van der Waals surface area contributed by atoms with E-state index < -0.39 is 0 Å². The molecule has 1 N–H and O–H groups in total. The fourth-order valence-corrected chi connectivity index (χ4v) is 3.54. The minimum atomic E-state index is -0.284. The molecule has 1 aromatic rings. The number of anilines is 1. The van der Waals surface area contributed by atoms with Gasteiger partial charge in [-0.15, -0.1) is 0 Å². The maximum atomic E-state index is 12.7. The van der Waals surface area contributed by atoms with Crippen molar-refractivity contribution in [2.75, 3.05) is 50.7 Å². The number of halogens is 2. The molecule has 0 saturated carbocycles. The second-order valence-electron chi connectivity index (χ2n) is 7.93. The number of carbonyl (C=O) groups excluding carboxylic acids is 2. The van der Waals surface area contributed by atoms with Crippen LogP contribution in [0.5, 0.6) is 0 Å². The lowest BCUT2D eigenvalue weighted by molar-refractivity contribution is -0.133. The molecule has 0 aromatic carbocycles. The zero-order valence-electron chi connectivity index (χ0n) is 17.0. The summed E-state index contributed by atoms with van der Waals surface area (Å²) < 4.78 is 0. The van der Waals surface area contributed by atoms with E-state index in [9.17, 15) is 9.59 Å². The molecule has 1 aliphatic rings. The van der Waals surface area contributed by atoms with Gasteiger partial charge in [-0.25, -0.2) is 4.98 Å². The zero-order chi connectivity index (χ0) is 20.9. The van der Waals surface area contributed by atoms with Gasteiger partial charge in [-0.3, -0.25) is 14.5 Å². The van der Waals surface area contributed by atoms with Gasteiger partial charge in [0, 0.05) is 37.9 Å². The third kappa shape index (κ3) is 6.79. The average molecular weight is 430 g/mol. The summed E-state index contributed by atoms with van der Waals surface area (Å²) in [5.74, 6) is 0.642. The van der Waals surface area contributed by atoms with E-state index >= 15 is 0 Å². The molecule has 1 aromatic heterocycles. The number of pyridine rings is 1. The van der Waals surface area contributed by atoms with Crippen molar-refractivity contribution in [1.82, 2.24) is 20.1 Å². The van der Waals surface area contributed by atoms with Crippen LogP contribution in [0.1, 0.15) is 27.7 Å². The Kier molecular flexibility index (Phi) is 7.92. The van der Waals surface area contributed by atoms with E-state index in [1.165, 1.54) is 0 Å². The molecule has 0 atom stereocenters. The van der Waals surface area contributed by atoms with Crippen LogP contribution >= 0.6 is 23.2 Å². The van der Waals surface area contributed by atoms with Crippen molar-refractivity contribution < 1.29 is 9.59 Å². The largest absolute Gasteiger partial charge is 0.352 e. The molecule has 0 bridgehead atoms. The van der Waals surface area contributed by atoms with Crippen LogP contribution in [0.2, 0.25) is 10.0 Å². The van der Waals surface area contributed by atoms with Crippen molar-refractivity contribution >= 4 is 40.8 Å². The van der Waals surface area contributed by atoms with Crippen molar-refractivity contribution in [2.24, 2.45) is 0 Å². The van der Waals surface area contributed by atoms with Crippen molar-refractivity contribution in [2.45, 2.75) is 33.2 Å². The lowest BCUT2D eigenvalue weighted by Gasteiger charge is -2.36. The van der Waals surface area contributed by atoms with Gasteiger partial charge in [0.15, 0.2) is 0 Å². The molecule has 7 nitrogen and oxygen atoms in total. The molecule has 0 radical (unpaired) electrons. The SMILES string of the molecule is CCN(CC(=O)NC(C)(C)C)CC(=O)N1CCN(c2ncc(Cl)cc2Cl)CC1. The summed E-state index contributed by atoms with van der Waals surface area (Å²) in [6.45, 7) is 11.3. The summed E-state index contributed by atoms with van der Waals surface area (Å²) in [6.07, 6.45) is 1.57. The van der Waals surface area contributed by atoms with Crippen molar-refractivity contribution in [1.29, 1.82) is 0 Å². The van der Waals surface area contributed by atoms with Crippen LogP contribution in [0.3, 0.4) is 0 Å². The van der Waals surface area contributed by atoms with E-state index in [0.717, 1.165) is 0 Å². The third-order valence-corrected chi connectivity index (χ3v) is 4.89. The molecule has 2 rings (SSSR count). The molecule has 2 amide bonds. The molecular formula is C19H29Cl2N5O2. The van der Waals surface area contributed by atoms with Crippen LogP contribution in [-0.2, 0) is 9.59 Å². The first-order valence-corrected chi connectivity index (χ1v) is 10.2. The predicted molar refractivity (Wildman–Crippen MR) is 113 cm³/mol. The number of rotatable bonds is 6. The molecule has 1 aliphatic heterocycles. The van der Waals surface area contributed by atoms with Crippen LogP contribution in [-0.4, -0.2) is 78.0 Å². The van der Waals surface area contributed by atoms with Crippen LogP contribution < -0.4 is 10.2 Å². The molecular weight excluding hydrogens is 401 g/mol. The van der Waals surface area contributed by atoms with Crippen LogP contribution in [0.25, 0.3) is 0 Å². The van der Waals surface area contributed by atoms with Gasteiger partial charge < -0.3 is 15.1 Å². The average Bonchev–Trinajstić information content (AvgIpc) is 2.59. The Labute approximate surface area is 177 Å². The number of carbonyl (C=O) groups is 2. The summed E-state index contributed by atoms with van der Waals surface area (Å²) in [5.41, 5.74) is -0.284. The topological polar surface area (TPSA) is 68.8 Å². The highest BCUT2D eigenvalue weighted by atomic mass is 35.5. The van der Waals surface area contributed by atoms with Gasteiger partial charge in [-0.2, -0.15) is 0 Å². The number of hydrogen-bond donors (Lipinski definition) is 1. The monoisotopic (exact) mass is 429 g/mol. The second kappa shape index (κ2) is 9.76. The smallest absolute Gasteiger partial charge is 0.236 e. The lowest BCUT2D eigenvalue weighted by Crippen LogP contribution is -2.52. The lowest BCUT2D eigenvalue weighted by atomic mass is 10.1. The Bertz CT molecular complexity index is 700. The standard InChI is InChI=1S/C19H29Cl2N5O2/c1-5-24(12-16(27)23-19(2,3)4)13-17(28)25-6-8-26(9-7-25)18-15(21)10-14(20)11-22-18/h10-11H,5-9,12-13H2,1-4H3,(H,23,27). The molecule has 1 fully saturated rings. The van der Waals surface area contributed by atoms with Crippen molar-refractivity contribution in [3.05, 3.63) is 22.3 Å². The van der Waals surface area contributed by atoms with E-state index in [0.29, 0.717) is 48.6 Å². The predicted octanol–water partition coefficient (Wildman–Crippen LogP) is 2.27. The van der Waals surface area contributed by atoms with Gasteiger partial charge in [0.25, 0.3) is 0 Å². The Morgan fingerprint density at radius 1 is 1.18 bits per heavy atom. The fourth-order valence-electron chi connectivity index (χ4n) is 3.04. The first kappa shape index (κ1) is 22.7. The van der Waals surface area contributed by atoms with Crippen molar-refractivity contribution in [3.63, 3.8) is 0 Å². The number of amides is 2. The summed E-state index contributed by atoms with van der Waals surface area (Å²) in [5, 5.41) is 3.94. The maximum absolute atomic E-state index is 12.7. The normalized spacial score (nSPS) is 15.1. The number of likely N-dealkylation sites (N-methyl/N-ethyl adjacent to an activating group) is 1. The number of piperazine rings is 1. The van der Waals surface area contributed by atoms with Gasteiger partial charge in [0.05, 0.1) is 23.1 Å². The van der Waals surface area contributed by atoms with Gasteiger partial charge in [0.1, 0.15) is 5.82 Å². The fraction of sp³-hybridized carbons (Fsp3) is 0.632. The van der Waals surface area contributed by atoms with Gasteiger partial charge in [-0.05, 0) is 33.4 Å². The first-order chi connectivity index (χ1) is 13.1. The van der Waals surface area contributed by atoms with Gasteiger partial charge in [0.2, 0.25) is 11.8 Å². The summed E-state index contributed by atoms with van der Waals surface area (Å²) in [4.78, 5) is 34.8. The number of nitrogens with zero attached hydrogens (tertiary/aromatic N) is 4. The second-order valence-corrected chi connectivity index (χ2v) is 8.77. The Hall–Kier alpha value is -1.57. The van der Waals surface area contributed by atoms with E-state index in [4.69, 9.17) is 23.2 Å². The Morgan fingerprint density at radius 3 is 2.36 bits per heavy atom. The molecule has 28 heavy (non-hydrogen) atoms. The molecule has 2 heterocycles. The summed E-state index contributed by atoms with van der Waals surface area (Å²) in [7, 11) is 0. The minimum Gasteiger partial charge on any atom is -0.352 e. The summed E-state index contributed by atoms with van der Waals surface area (Å²) >= 11 is 12.1. The van der Waals surface area contributed by atoms with Gasteiger partial charge >= 0.3 is 0 Å². The number of hydrogen-bond acceptors (Lipinski definition) is 5. The van der Waals surface area contributed by atoms with E-state index in [1.54, 1.807) is 12.3 Å². The quantitative estimate of drug-likeness (QED) is 0.750. The first-order valence-electron chi connectivity index (χ1n) is 9.46. The Morgan fingerprint density at radius 2 is 1.82 bits per heavy atom. The van der Waals surface area contributed by atoms with E-state index in [1.807, 2.05) is 37.5 Å². The molecule has 0 aliphatic carbocycles. The van der Waals surface area contributed by atoms with Crippen LogP contribution in [0.15, 0.2) is 12.3 Å². The third-order valence-electron chi connectivity index (χ3n) is 4.41. The molecule has 0 unspecified atom stereocenters. The van der Waals surface area contributed by atoms with Gasteiger partial charge in [-0.1, -0.05) is 30.1 Å². The molecule has 0 spiro atoms. The van der Waals surface area contributed by atoms with Crippen molar-refractivity contribution in [3.8, 4) is 0 Å². The zero-order valence-corrected chi connectivity index (χ0v) is 18.5. The van der Waals surface area contributed by atoms with Crippen LogP contribution in [0.4, 0.5) is 5.82 Å². The number of aromatic nitrogens is 1. The number of nitrogens with one attached hydrogen (secondary N) is 1. The van der Waals surface area contributed by atoms with Crippen LogP contribution in [0, 0.1) is 0 Å². The van der Waals surface area contributed by atoms with E-state index in [-0.39, 0.29) is 30.4 Å². The molecule has 156 valence electrons. The highest BCUT2D eigenvalue weighted by molar-refractivity contribution is 6.36. The Balaban J connectivity index is 1.86. The minimum absolute atomic E-state index is 0.0280.